The molecule has 3 heterocycles. The second-order valence-electron chi connectivity index (χ2n) is 4.66. The van der Waals surface area contributed by atoms with Gasteiger partial charge in [-0.25, -0.2) is 9.78 Å². The summed E-state index contributed by atoms with van der Waals surface area (Å²) in [5, 5.41) is 1.31. The molecular weight excluding hydrogens is 337 g/mol. The van der Waals surface area contributed by atoms with Crippen LogP contribution >= 0.6 is 23.2 Å². The summed E-state index contributed by atoms with van der Waals surface area (Å²) >= 11 is 12.1. The largest absolute Gasteiger partial charge is 0.462 e. The molecule has 0 aromatic carbocycles. The topological polar surface area (TPSA) is 65.0 Å². The van der Waals surface area contributed by atoms with Crippen molar-refractivity contribution in [3.05, 3.63) is 52.5 Å². The number of esters is 1. The van der Waals surface area contributed by atoms with E-state index >= 15 is 0 Å². The Bertz CT molecular complexity index is 882. The Balaban J connectivity index is 2.12. The van der Waals surface area contributed by atoms with E-state index in [1.54, 1.807) is 37.5 Å². The third kappa shape index (κ3) is 3.11. The molecule has 0 aliphatic heterocycles. The van der Waals surface area contributed by atoms with E-state index in [2.05, 4.69) is 15.0 Å². The Morgan fingerprint density at radius 3 is 2.65 bits per heavy atom. The quantitative estimate of drug-likeness (QED) is 0.525. The summed E-state index contributed by atoms with van der Waals surface area (Å²) in [5.41, 5.74) is 2.27. The number of ether oxygens (including phenoxy) is 1. The number of nitrogens with zero attached hydrogens (tertiary/aromatic N) is 3. The molecule has 0 amide bonds. The van der Waals surface area contributed by atoms with E-state index < -0.39 is 5.97 Å². The van der Waals surface area contributed by atoms with Gasteiger partial charge >= 0.3 is 5.97 Å². The molecule has 0 aliphatic rings. The normalized spacial score (nSPS) is 10.7. The highest BCUT2D eigenvalue weighted by atomic mass is 35.5. The van der Waals surface area contributed by atoms with Crippen LogP contribution in [0.15, 0.2) is 36.8 Å². The summed E-state index contributed by atoms with van der Waals surface area (Å²) in [6.07, 6.45) is 4.61. The summed E-state index contributed by atoms with van der Waals surface area (Å²) in [6, 6.07) is 5.25. The lowest BCUT2D eigenvalue weighted by molar-refractivity contribution is 0.0526. The van der Waals surface area contributed by atoms with Gasteiger partial charge < -0.3 is 4.74 Å². The lowest BCUT2D eigenvalue weighted by atomic mass is 10.1. The van der Waals surface area contributed by atoms with Crippen LogP contribution in [0.2, 0.25) is 10.2 Å². The SMILES string of the molecule is CCOC(=O)c1cnc2cnc(-c3ccc(Cl)nc3)cc2c1Cl. The molecule has 0 N–H and O–H groups in total. The highest BCUT2D eigenvalue weighted by Crippen LogP contribution is 2.29. The van der Waals surface area contributed by atoms with Gasteiger partial charge in [0, 0.05) is 23.3 Å². The minimum absolute atomic E-state index is 0.229. The van der Waals surface area contributed by atoms with Crippen molar-refractivity contribution in [2.75, 3.05) is 6.61 Å². The van der Waals surface area contributed by atoms with E-state index in [0.29, 0.717) is 26.8 Å². The molecule has 0 spiro atoms. The van der Waals surface area contributed by atoms with Gasteiger partial charge in [-0.1, -0.05) is 23.2 Å². The number of carbonyl (C=O) groups excluding carboxylic acids is 1. The number of aromatic nitrogens is 3. The van der Waals surface area contributed by atoms with Crippen molar-refractivity contribution in [1.29, 1.82) is 0 Å². The lowest BCUT2D eigenvalue weighted by Gasteiger charge is -2.08. The number of pyridine rings is 3. The summed E-state index contributed by atoms with van der Waals surface area (Å²) in [4.78, 5) is 24.5. The lowest BCUT2D eigenvalue weighted by Crippen LogP contribution is -2.06. The van der Waals surface area contributed by atoms with Crippen molar-refractivity contribution in [2.24, 2.45) is 0 Å². The Morgan fingerprint density at radius 1 is 1.13 bits per heavy atom. The number of fused-ring (bicyclic) bond motifs is 1. The van der Waals surface area contributed by atoms with Gasteiger partial charge in [0.15, 0.2) is 0 Å². The molecule has 5 nitrogen and oxygen atoms in total. The Kier molecular flexibility index (Phi) is 4.41. The van der Waals surface area contributed by atoms with Crippen molar-refractivity contribution in [3.63, 3.8) is 0 Å². The van der Waals surface area contributed by atoms with Gasteiger partial charge in [0.2, 0.25) is 0 Å². The zero-order chi connectivity index (χ0) is 16.4. The summed E-state index contributed by atoms with van der Waals surface area (Å²) in [7, 11) is 0. The minimum Gasteiger partial charge on any atom is -0.462 e. The van der Waals surface area contributed by atoms with Crippen LogP contribution in [0, 0.1) is 0 Å². The highest BCUT2D eigenvalue weighted by molar-refractivity contribution is 6.38. The predicted octanol–water partition coefficient (Wildman–Crippen LogP) is 4.18. The maximum atomic E-state index is 11.9. The molecular formula is C16H11Cl2N3O2. The second-order valence-corrected chi connectivity index (χ2v) is 5.43. The van der Waals surface area contributed by atoms with Gasteiger partial charge in [0.05, 0.1) is 34.6 Å². The summed E-state index contributed by atoms with van der Waals surface area (Å²) < 4.78 is 4.98. The molecule has 23 heavy (non-hydrogen) atoms. The molecule has 0 unspecified atom stereocenters. The van der Waals surface area contributed by atoms with E-state index in [1.807, 2.05) is 0 Å². The minimum atomic E-state index is -0.501. The zero-order valence-electron chi connectivity index (χ0n) is 12.1. The van der Waals surface area contributed by atoms with Crippen LogP contribution < -0.4 is 0 Å². The average Bonchev–Trinajstić information content (AvgIpc) is 2.56. The second kappa shape index (κ2) is 6.48. The fourth-order valence-electron chi connectivity index (χ4n) is 2.10. The van der Waals surface area contributed by atoms with Crippen LogP contribution in [-0.2, 0) is 4.74 Å². The van der Waals surface area contributed by atoms with E-state index in [0.717, 1.165) is 5.56 Å². The van der Waals surface area contributed by atoms with Gasteiger partial charge in [-0.3, -0.25) is 9.97 Å². The van der Waals surface area contributed by atoms with E-state index in [9.17, 15) is 4.79 Å². The van der Waals surface area contributed by atoms with Gasteiger partial charge in [0.1, 0.15) is 5.15 Å². The Labute approximate surface area is 142 Å². The van der Waals surface area contributed by atoms with Crippen molar-refractivity contribution in [1.82, 2.24) is 15.0 Å². The smallest absolute Gasteiger partial charge is 0.341 e. The Morgan fingerprint density at radius 2 is 1.96 bits per heavy atom. The van der Waals surface area contributed by atoms with E-state index in [4.69, 9.17) is 27.9 Å². The van der Waals surface area contributed by atoms with Crippen LogP contribution in [0.1, 0.15) is 17.3 Å². The van der Waals surface area contributed by atoms with Crippen molar-refractivity contribution in [3.8, 4) is 11.3 Å². The monoisotopic (exact) mass is 347 g/mol. The molecule has 0 fully saturated rings. The first-order valence-corrected chi connectivity index (χ1v) is 7.59. The summed E-state index contributed by atoms with van der Waals surface area (Å²) in [6.45, 7) is 2.00. The first kappa shape index (κ1) is 15.6. The molecule has 3 aromatic rings. The third-order valence-corrected chi connectivity index (χ3v) is 3.84. The van der Waals surface area contributed by atoms with Crippen LogP contribution in [-0.4, -0.2) is 27.5 Å². The van der Waals surface area contributed by atoms with Gasteiger partial charge in [-0.05, 0) is 25.1 Å². The number of hydrogen-bond acceptors (Lipinski definition) is 5. The molecule has 0 atom stereocenters. The molecule has 0 saturated heterocycles. The predicted molar refractivity (Wildman–Crippen MR) is 88.7 cm³/mol. The van der Waals surface area contributed by atoms with Crippen LogP contribution in [0.3, 0.4) is 0 Å². The van der Waals surface area contributed by atoms with E-state index in [1.165, 1.54) is 6.20 Å². The van der Waals surface area contributed by atoms with Gasteiger partial charge in [-0.2, -0.15) is 0 Å². The first-order chi connectivity index (χ1) is 11.1. The molecule has 0 aliphatic carbocycles. The fraction of sp³-hybridized carbons (Fsp3) is 0.125. The number of hydrogen-bond donors (Lipinski definition) is 0. The van der Waals surface area contributed by atoms with Gasteiger partial charge in [0.25, 0.3) is 0 Å². The number of rotatable bonds is 3. The maximum Gasteiger partial charge on any atom is 0.341 e. The summed E-state index contributed by atoms with van der Waals surface area (Å²) in [5.74, 6) is -0.501. The van der Waals surface area contributed by atoms with Crippen molar-refractivity contribution < 1.29 is 9.53 Å². The molecule has 0 radical (unpaired) electrons. The highest BCUT2D eigenvalue weighted by Gasteiger charge is 2.16. The number of halogens is 2. The van der Waals surface area contributed by atoms with Crippen LogP contribution in [0.25, 0.3) is 22.2 Å². The standard InChI is InChI=1S/C16H11Cl2N3O2/c1-2-23-16(22)11-7-19-13-8-20-12(5-10(13)15(11)18)9-3-4-14(17)21-6-9/h3-8H,2H2,1H3. The Hall–Kier alpha value is -2.24. The molecule has 3 rings (SSSR count). The molecule has 7 heteroatoms. The van der Waals surface area contributed by atoms with Crippen LogP contribution in [0.4, 0.5) is 0 Å². The van der Waals surface area contributed by atoms with E-state index in [-0.39, 0.29) is 12.2 Å². The molecule has 116 valence electrons. The number of carbonyl (C=O) groups is 1. The third-order valence-electron chi connectivity index (χ3n) is 3.21. The van der Waals surface area contributed by atoms with Crippen LogP contribution in [0.5, 0.6) is 0 Å². The molecule has 0 saturated carbocycles. The zero-order valence-corrected chi connectivity index (χ0v) is 13.6. The van der Waals surface area contributed by atoms with Crippen molar-refractivity contribution in [2.45, 2.75) is 6.92 Å². The first-order valence-electron chi connectivity index (χ1n) is 6.83. The van der Waals surface area contributed by atoms with Crippen molar-refractivity contribution >= 4 is 40.1 Å². The average molecular weight is 348 g/mol. The maximum absolute atomic E-state index is 11.9. The molecule has 3 aromatic heterocycles. The molecule has 0 bridgehead atoms. The van der Waals surface area contributed by atoms with Gasteiger partial charge in [-0.15, -0.1) is 0 Å². The fourth-order valence-corrected chi connectivity index (χ4v) is 2.49.